The number of carbonyl (C=O) groups is 2. The van der Waals surface area contributed by atoms with E-state index in [1.807, 2.05) is 26.8 Å². The molecule has 6 nitrogen and oxygen atoms in total. The number of ether oxygens (including phenoxy) is 3. The van der Waals surface area contributed by atoms with Gasteiger partial charge < -0.3 is 19.3 Å². The number of esters is 1. The number of aliphatic hydroxyl groups excluding tert-OH is 1. The normalized spacial score (nSPS) is 37.7. The minimum absolute atomic E-state index is 0.0173. The van der Waals surface area contributed by atoms with E-state index < -0.39 is 6.10 Å². The summed E-state index contributed by atoms with van der Waals surface area (Å²) in [7, 11) is 1.35. The quantitative estimate of drug-likeness (QED) is 0.528. The van der Waals surface area contributed by atoms with Gasteiger partial charge in [0.05, 0.1) is 31.5 Å². The van der Waals surface area contributed by atoms with Crippen LogP contribution >= 0.6 is 0 Å². The lowest BCUT2D eigenvalue weighted by molar-refractivity contribution is -0.155. The van der Waals surface area contributed by atoms with Crippen LogP contribution in [-0.4, -0.2) is 55.0 Å². The minimum Gasteiger partial charge on any atom is -0.467 e. The Kier molecular flexibility index (Phi) is 6.62. The van der Waals surface area contributed by atoms with E-state index in [-0.39, 0.29) is 59.8 Å². The van der Waals surface area contributed by atoms with Gasteiger partial charge in [-0.15, -0.1) is 0 Å². The van der Waals surface area contributed by atoms with Gasteiger partial charge in [-0.2, -0.15) is 0 Å². The van der Waals surface area contributed by atoms with Crippen molar-refractivity contribution in [3.05, 3.63) is 12.2 Å². The van der Waals surface area contributed by atoms with Crippen LogP contribution in [0, 0.1) is 23.2 Å². The number of allylic oxidation sites excluding steroid dienone is 1. The highest BCUT2D eigenvalue weighted by molar-refractivity contribution is 5.94. The lowest BCUT2D eigenvalue weighted by Crippen LogP contribution is -2.41. The summed E-state index contributed by atoms with van der Waals surface area (Å²) in [5.41, 5.74) is -0.383. The molecule has 158 valence electrons. The fourth-order valence-corrected chi connectivity index (χ4v) is 4.99. The summed E-state index contributed by atoms with van der Waals surface area (Å²) < 4.78 is 16.8. The minimum atomic E-state index is -0.485. The highest BCUT2D eigenvalue weighted by Crippen LogP contribution is 2.52. The number of hydrogen-bond acceptors (Lipinski definition) is 6. The first-order valence-corrected chi connectivity index (χ1v) is 10.5. The zero-order valence-electron chi connectivity index (χ0n) is 17.4. The Labute approximate surface area is 167 Å². The molecule has 0 aromatic heterocycles. The highest BCUT2D eigenvalue weighted by Gasteiger charge is 2.56. The molecule has 2 aliphatic carbocycles. The van der Waals surface area contributed by atoms with Crippen LogP contribution in [0.3, 0.4) is 0 Å². The first kappa shape index (κ1) is 21.5. The molecule has 3 aliphatic rings. The van der Waals surface area contributed by atoms with Crippen LogP contribution in [0.1, 0.15) is 52.9 Å². The molecule has 0 aromatic carbocycles. The van der Waals surface area contributed by atoms with Crippen LogP contribution in [0.4, 0.5) is 0 Å². The Bertz CT molecular complexity index is 612. The Morgan fingerprint density at radius 2 is 2.04 bits per heavy atom. The molecule has 1 saturated heterocycles. The molecule has 2 saturated carbocycles. The molecule has 1 N–H and O–H groups in total. The van der Waals surface area contributed by atoms with Gasteiger partial charge in [0.15, 0.2) is 5.78 Å². The van der Waals surface area contributed by atoms with Crippen molar-refractivity contribution in [1.82, 2.24) is 0 Å². The predicted octanol–water partition coefficient (Wildman–Crippen LogP) is 2.67. The van der Waals surface area contributed by atoms with Gasteiger partial charge in [0.25, 0.3) is 0 Å². The van der Waals surface area contributed by atoms with E-state index in [0.29, 0.717) is 6.42 Å². The molecule has 1 heterocycles. The summed E-state index contributed by atoms with van der Waals surface area (Å²) in [5, 5.41) is 10.6. The zero-order valence-corrected chi connectivity index (χ0v) is 17.4. The molecule has 0 aromatic rings. The summed E-state index contributed by atoms with van der Waals surface area (Å²) >= 11 is 0. The second-order valence-corrected chi connectivity index (χ2v) is 9.08. The summed E-state index contributed by atoms with van der Waals surface area (Å²) in [5.74, 6) is 0.120. The van der Waals surface area contributed by atoms with Crippen molar-refractivity contribution >= 4 is 11.8 Å². The van der Waals surface area contributed by atoms with Crippen molar-refractivity contribution < 1.29 is 28.9 Å². The maximum atomic E-state index is 12.5. The maximum absolute atomic E-state index is 12.5. The van der Waals surface area contributed by atoms with Gasteiger partial charge >= 0.3 is 5.97 Å². The average Bonchev–Trinajstić information content (AvgIpc) is 3.19. The summed E-state index contributed by atoms with van der Waals surface area (Å²) in [6.45, 7) is 5.85. The van der Waals surface area contributed by atoms with Gasteiger partial charge in [-0.25, -0.2) is 4.79 Å². The predicted molar refractivity (Wildman–Crippen MR) is 104 cm³/mol. The molecule has 3 fully saturated rings. The Balaban J connectivity index is 1.70. The van der Waals surface area contributed by atoms with Crippen molar-refractivity contribution in [3.8, 4) is 0 Å². The number of rotatable bonds is 7. The van der Waals surface area contributed by atoms with E-state index in [1.165, 1.54) is 7.11 Å². The van der Waals surface area contributed by atoms with Gasteiger partial charge in [-0.1, -0.05) is 33.3 Å². The average molecular weight is 395 g/mol. The van der Waals surface area contributed by atoms with Crippen LogP contribution in [-0.2, 0) is 23.8 Å². The lowest BCUT2D eigenvalue weighted by Gasteiger charge is -2.35. The third-order valence-corrected chi connectivity index (χ3v) is 7.10. The molecule has 3 rings (SSSR count). The number of hydrogen-bond donors (Lipinski definition) is 1. The number of aliphatic hydroxyl groups is 1. The molecular formula is C22H34O6. The van der Waals surface area contributed by atoms with Gasteiger partial charge in [0.2, 0.25) is 0 Å². The SMILES string of the molecule is CCC(C)(C)C(=O)/C=C/C1[C@H]2C3CCCC(OCC(=O)OC)C3O[C@H]2C[C@H]1O. The highest BCUT2D eigenvalue weighted by atomic mass is 16.6. The fraction of sp³-hybridized carbons (Fsp3) is 0.818. The third-order valence-electron chi connectivity index (χ3n) is 7.10. The van der Waals surface area contributed by atoms with E-state index in [4.69, 9.17) is 9.47 Å². The van der Waals surface area contributed by atoms with Gasteiger partial charge in [-0.05, 0) is 37.2 Å². The van der Waals surface area contributed by atoms with Crippen molar-refractivity contribution in [2.45, 2.75) is 77.3 Å². The van der Waals surface area contributed by atoms with E-state index in [1.54, 1.807) is 6.08 Å². The molecular weight excluding hydrogens is 360 g/mol. The molecule has 4 unspecified atom stereocenters. The lowest BCUT2D eigenvalue weighted by atomic mass is 9.73. The van der Waals surface area contributed by atoms with E-state index in [9.17, 15) is 14.7 Å². The number of ketones is 1. The van der Waals surface area contributed by atoms with Gasteiger partial charge in [-0.3, -0.25) is 4.79 Å². The Morgan fingerprint density at radius 1 is 1.29 bits per heavy atom. The fourth-order valence-electron chi connectivity index (χ4n) is 4.99. The van der Waals surface area contributed by atoms with Crippen LogP contribution < -0.4 is 0 Å². The van der Waals surface area contributed by atoms with E-state index in [2.05, 4.69) is 4.74 Å². The zero-order chi connectivity index (χ0) is 20.5. The summed E-state index contributed by atoms with van der Waals surface area (Å²) in [6, 6.07) is 0. The molecule has 0 spiro atoms. The second-order valence-electron chi connectivity index (χ2n) is 9.08. The molecule has 28 heavy (non-hydrogen) atoms. The standard InChI is InChI=1S/C22H34O6/c1-5-22(2,3)18(24)10-9-13-15(23)11-17-20(13)14-7-6-8-16(21(14)28-17)27-12-19(25)26-4/h9-10,13-17,20-21,23H,5-8,11-12H2,1-4H3/b10-9+/t13?,14?,15-,16?,17+,20+,21?/m1/s1. The van der Waals surface area contributed by atoms with Crippen molar-refractivity contribution in [2.75, 3.05) is 13.7 Å². The number of carbonyl (C=O) groups excluding carboxylic acids is 2. The first-order valence-electron chi connectivity index (χ1n) is 10.5. The number of fused-ring (bicyclic) bond motifs is 3. The van der Waals surface area contributed by atoms with Crippen LogP contribution in [0.15, 0.2) is 12.2 Å². The largest absolute Gasteiger partial charge is 0.467 e. The molecule has 0 radical (unpaired) electrons. The van der Waals surface area contributed by atoms with Gasteiger partial charge in [0.1, 0.15) is 6.61 Å². The Morgan fingerprint density at radius 3 is 2.71 bits per heavy atom. The summed E-state index contributed by atoms with van der Waals surface area (Å²) in [4.78, 5) is 23.9. The second kappa shape index (κ2) is 8.64. The first-order chi connectivity index (χ1) is 13.3. The van der Waals surface area contributed by atoms with E-state index >= 15 is 0 Å². The van der Waals surface area contributed by atoms with Crippen LogP contribution in [0.25, 0.3) is 0 Å². The topological polar surface area (TPSA) is 82.1 Å². The maximum Gasteiger partial charge on any atom is 0.331 e. The van der Waals surface area contributed by atoms with E-state index in [0.717, 1.165) is 25.7 Å². The van der Waals surface area contributed by atoms with Crippen LogP contribution in [0.2, 0.25) is 0 Å². The molecule has 0 amide bonds. The smallest absolute Gasteiger partial charge is 0.331 e. The van der Waals surface area contributed by atoms with Crippen molar-refractivity contribution in [2.24, 2.45) is 23.2 Å². The van der Waals surface area contributed by atoms with Crippen molar-refractivity contribution in [3.63, 3.8) is 0 Å². The van der Waals surface area contributed by atoms with Crippen LogP contribution in [0.5, 0.6) is 0 Å². The Hall–Kier alpha value is -1.24. The third kappa shape index (κ3) is 4.19. The molecule has 7 atom stereocenters. The van der Waals surface area contributed by atoms with Crippen molar-refractivity contribution in [1.29, 1.82) is 0 Å². The molecule has 1 aliphatic heterocycles. The molecule has 6 heteroatoms. The molecule has 0 bridgehead atoms. The van der Waals surface area contributed by atoms with Gasteiger partial charge in [0, 0.05) is 17.8 Å². The monoisotopic (exact) mass is 394 g/mol. The summed E-state index contributed by atoms with van der Waals surface area (Å²) in [6.07, 6.45) is 7.17. The number of methoxy groups -OCH3 is 1.